The zero-order valence-electron chi connectivity index (χ0n) is 16.8. The van der Waals surface area contributed by atoms with Gasteiger partial charge in [0.2, 0.25) is 11.9 Å². The number of likely N-dealkylation sites (tertiary alicyclic amines) is 1. The number of carbonyl (C=O) groups excluding carboxylic acids is 1. The van der Waals surface area contributed by atoms with Crippen LogP contribution in [0, 0.1) is 11.3 Å². The van der Waals surface area contributed by atoms with E-state index in [1.807, 2.05) is 34.6 Å². The van der Waals surface area contributed by atoms with E-state index in [4.69, 9.17) is 11.6 Å². The van der Waals surface area contributed by atoms with Gasteiger partial charge in [-0.1, -0.05) is 35.5 Å². The summed E-state index contributed by atoms with van der Waals surface area (Å²) in [5, 5.41) is 19.6. The van der Waals surface area contributed by atoms with E-state index in [1.165, 1.54) is 11.8 Å². The second-order valence-electron chi connectivity index (χ2n) is 7.13. The van der Waals surface area contributed by atoms with Gasteiger partial charge < -0.3 is 15.5 Å². The molecule has 2 aliphatic heterocycles. The first-order valence-electron chi connectivity index (χ1n) is 10.0. The SMILES string of the molecule is N#C/C(=C1/NC(c2ccc(Cl)cc2)=CS1)c1ccnc(NCCCN2CCCC2=O)n1. The molecule has 4 rings (SSSR count). The van der Waals surface area contributed by atoms with E-state index in [-0.39, 0.29) is 5.91 Å². The van der Waals surface area contributed by atoms with E-state index in [0.717, 1.165) is 42.2 Å². The van der Waals surface area contributed by atoms with Gasteiger partial charge in [-0.3, -0.25) is 4.79 Å². The van der Waals surface area contributed by atoms with Crippen LogP contribution in [-0.4, -0.2) is 40.4 Å². The Labute approximate surface area is 190 Å². The van der Waals surface area contributed by atoms with Gasteiger partial charge in [0.05, 0.1) is 16.4 Å². The second kappa shape index (κ2) is 9.86. The molecule has 3 heterocycles. The molecule has 158 valence electrons. The standard InChI is InChI=1S/C22H21ClN6OS/c23-16-6-4-15(5-7-16)19-14-31-21(27-19)17(13-24)18-8-10-26-22(28-18)25-9-2-12-29-11-1-3-20(29)30/h4-8,10,14,27H,1-3,9,11-12H2,(H,25,26,28)/b21-17+. The Morgan fingerprint density at radius 2 is 2.16 bits per heavy atom. The Morgan fingerprint density at radius 1 is 1.32 bits per heavy atom. The molecule has 2 aliphatic rings. The Balaban J connectivity index is 1.39. The normalized spacial score (nSPS) is 17.2. The van der Waals surface area contributed by atoms with Crippen LogP contribution < -0.4 is 10.6 Å². The highest BCUT2D eigenvalue weighted by atomic mass is 35.5. The third-order valence-corrected chi connectivity index (χ3v) is 6.16. The van der Waals surface area contributed by atoms with Crippen molar-refractivity contribution in [2.75, 3.05) is 25.0 Å². The molecular formula is C22H21ClN6OS. The molecule has 0 unspecified atom stereocenters. The van der Waals surface area contributed by atoms with Crippen LogP contribution in [0.25, 0.3) is 11.3 Å². The van der Waals surface area contributed by atoms with E-state index in [0.29, 0.717) is 35.2 Å². The van der Waals surface area contributed by atoms with Crippen molar-refractivity contribution < 1.29 is 4.79 Å². The van der Waals surface area contributed by atoms with Crippen molar-refractivity contribution >= 4 is 46.5 Å². The monoisotopic (exact) mass is 452 g/mol. The summed E-state index contributed by atoms with van der Waals surface area (Å²) >= 11 is 7.42. The number of benzene rings is 1. The first kappa shape index (κ1) is 21.2. The van der Waals surface area contributed by atoms with Crippen LogP contribution in [0.4, 0.5) is 5.95 Å². The number of hydrogen-bond acceptors (Lipinski definition) is 7. The van der Waals surface area contributed by atoms with Crippen molar-refractivity contribution in [3.05, 3.63) is 63.2 Å². The summed E-state index contributed by atoms with van der Waals surface area (Å²) in [7, 11) is 0. The third kappa shape index (κ3) is 5.19. The Bertz CT molecular complexity index is 1080. The quantitative estimate of drug-likeness (QED) is 0.482. The molecular weight excluding hydrogens is 432 g/mol. The van der Waals surface area contributed by atoms with Gasteiger partial charge in [-0.2, -0.15) is 5.26 Å². The molecule has 0 radical (unpaired) electrons. The highest BCUT2D eigenvalue weighted by molar-refractivity contribution is 8.06. The summed E-state index contributed by atoms with van der Waals surface area (Å²) < 4.78 is 0. The number of hydrogen-bond donors (Lipinski definition) is 2. The minimum atomic E-state index is 0.233. The number of aromatic nitrogens is 2. The van der Waals surface area contributed by atoms with E-state index in [9.17, 15) is 10.1 Å². The van der Waals surface area contributed by atoms with Crippen LogP contribution in [0.5, 0.6) is 0 Å². The summed E-state index contributed by atoms with van der Waals surface area (Å²) in [6.45, 7) is 2.24. The van der Waals surface area contributed by atoms with Gasteiger partial charge in [0.25, 0.3) is 0 Å². The number of nitrogens with zero attached hydrogens (tertiary/aromatic N) is 4. The topological polar surface area (TPSA) is 93.9 Å². The van der Waals surface area contributed by atoms with Crippen LogP contribution >= 0.6 is 23.4 Å². The number of halogens is 1. The fourth-order valence-corrected chi connectivity index (χ4v) is 4.40. The van der Waals surface area contributed by atoms with Gasteiger partial charge in [-0.05, 0) is 36.6 Å². The van der Waals surface area contributed by atoms with Crippen LogP contribution in [0.15, 0.2) is 47.0 Å². The first-order chi connectivity index (χ1) is 15.1. The average molecular weight is 453 g/mol. The Kier molecular flexibility index (Phi) is 6.75. The molecule has 0 aliphatic carbocycles. The zero-order chi connectivity index (χ0) is 21.6. The lowest BCUT2D eigenvalue weighted by atomic mass is 10.1. The molecule has 0 saturated carbocycles. The maximum atomic E-state index is 11.7. The molecule has 1 aromatic carbocycles. The number of anilines is 1. The molecule has 9 heteroatoms. The molecule has 1 fully saturated rings. The van der Waals surface area contributed by atoms with Crippen molar-refractivity contribution in [3.63, 3.8) is 0 Å². The minimum absolute atomic E-state index is 0.233. The molecule has 0 spiro atoms. The van der Waals surface area contributed by atoms with Crippen LogP contribution in [-0.2, 0) is 4.79 Å². The number of carbonyl (C=O) groups is 1. The molecule has 2 N–H and O–H groups in total. The van der Waals surface area contributed by atoms with E-state index in [1.54, 1.807) is 12.3 Å². The van der Waals surface area contributed by atoms with Crippen LogP contribution in [0.2, 0.25) is 5.02 Å². The summed E-state index contributed by atoms with van der Waals surface area (Å²) in [6.07, 6.45) is 4.06. The number of rotatable bonds is 7. The number of amides is 1. The van der Waals surface area contributed by atoms with Crippen molar-refractivity contribution in [3.8, 4) is 6.07 Å². The maximum Gasteiger partial charge on any atom is 0.223 e. The molecule has 1 amide bonds. The number of nitrogens with one attached hydrogen (secondary N) is 2. The molecule has 31 heavy (non-hydrogen) atoms. The van der Waals surface area contributed by atoms with Gasteiger partial charge >= 0.3 is 0 Å². The van der Waals surface area contributed by atoms with Gasteiger partial charge in [0, 0.05) is 42.7 Å². The largest absolute Gasteiger partial charge is 0.354 e. The van der Waals surface area contributed by atoms with Crippen molar-refractivity contribution in [1.82, 2.24) is 20.2 Å². The van der Waals surface area contributed by atoms with Gasteiger partial charge in [0.1, 0.15) is 11.6 Å². The Hall–Kier alpha value is -3.02. The van der Waals surface area contributed by atoms with Gasteiger partial charge in [-0.15, -0.1) is 0 Å². The fourth-order valence-electron chi connectivity index (χ4n) is 3.41. The van der Waals surface area contributed by atoms with E-state index < -0.39 is 0 Å². The first-order valence-corrected chi connectivity index (χ1v) is 11.3. The lowest BCUT2D eigenvalue weighted by Gasteiger charge is -2.15. The molecule has 0 bridgehead atoms. The van der Waals surface area contributed by atoms with Crippen molar-refractivity contribution in [2.24, 2.45) is 0 Å². The highest BCUT2D eigenvalue weighted by Gasteiger charge is 2.20. The number of nitriles is 1. The highest BCUT2D eigenvalue weighted by Crippen LogP contribution is 2.34. The van der Waals surface area contributed by atoms with Crippen LogP contribution in [0.1, 0.15) is 30.5 Å². The van der Waals surface area contributed by atoms with Crippen LogP contribution in [0.3, 0.4) is 0 Å². The van der Waals surface area contributed by atoms with Crippen molar-refractivity contribution in [2.45, 2.75) is 19.3 Å². The lowest BCUT2D eigenvalue weighted by molar-refractivity contribution is -0.127. The van der Waals surface area contributed by atoms with Gasteiger partial charge in [-0.25, -0.2) is 9.97 Å². The predicted molar refractivity (Wildman–Crippen MR) is 124 cm³/mol. The summed E-state index contributed by atoms with van der Waals surface area (Å²) in [4.78, 5) is 22.3. The Morgan fingerprint density at radius 3 is 2.90 bits per heavy atom. The maximum absolute atomic E-state index is 11.7. The second-order valence-corrected chi connectivity index (χ2v) is 8.44. The number of thioether (sulfide) groups is 1. The van der Waals surface area contributed by atoms with Crippen molar-refractivity contribution in [1.29, 1.82) is 5.26 Å². The fraction of sp³-hybridized carbons (Fsp3) is 0.273. The lowest BCUT2D eigenvalue weighted by Crippen LogP contribution is -2.27. The summed E-state index contributed by atoms with van der Waals surface area (Å²) in [5.74, 6) is 0.698. The molecule has 1 saturated heterocycles. The van der Waals surface area contributed by atoms with Gasteiger partial charge in [0.15, 0.2) is 0 Å². The van der Waals surface area contributed by atoms with E-state index >= 15 is 0 Å². The zero-order valence-corrected chi connectivity index (χ0v) is 18.3. The summed E-state index contributed by atoms with van der Waals surface area (Å²) in [5.41, 5.74) is 2.91. The molecule has 7 nitrogen and oxygen atoms in total. The average Bonchev–Trinajstić information content (AvgIpc) is 3.42. The third-order valence-electron chi connectivity index (χ3n) is 5.01. The molecule has 0 atom stereocenters. The molecule has 1 aromatic heterocycles. The smallest absolute Gasteiger partial charge is 0.223 e. The predicted octanol–water partition coefficient (Wildman–Crippen LogP) is 4.08. The van der Waals surface area contributed by atoms with E-state index in [2.05, 4.69) is 26.7 Å². The summed E-state index contributed by atoms with van der Waals surface area (Å²) in [6, 6.07) is 11.5. The molecule has 2 aromatic rings. The minimum Gasteiger partial charge on any atom is -0.354 e. The number of allylic oxidation sites excluding steroid dienone is 1.